The predicted molar refractivity (Wildman–Crippen MR) is 145 cm³/mol. The molecular weight excluding hydrogens is 448 g/mol. The van der Waals surface area contributed by atoms with Gasteiger partial charge in [-0.25, -0.2) is 0 Å². The molecule has 0 aromatic rings. The Kier molecular flexibility index (Phi) is 7.12. The first kappa shape index (κ1) is 28.1. The molecular formula is C32H54O4. The van der Waals surface area contributed by atoms with Crippen molar-refractivity contribution in [1.29, 1.82) is 0 Å². The SMILES string of the molecule is CC(=O)O[C@H]1CC[C@]2(C)C3=C(CC[C@H]2C1(C)C)[C@]1(C)CC[C@H]([C@H](C)CC[C@@H](O)C(C)(C)O)[C@@]1(C)CC3. The fraction of sp³-hybridized carbons (Fsp3) is 0.906. The second kappa shape index (κ2) is 9.11. The fourth-order valence-electron chi connectivity index (χ4n) is 10.0. The lowest BCUT2D eigenvalue weighted by atomic mass is 9.43. The molecule has 0 radical (unpaired) electrons. The minimum absolute atomic E-state index is 0.00704. The van der Waals surface area contributed by atoms with Crippen molar-refractivity contribution in [2.45, 2.75) is 144 Å². The van der Waals surface area contributed by atoms with Crippen molar-refractivity contribution < 1.29 is 19.7 Å². The Morgan fingerprint density at radius 1 is 1.00 bits per heavy atom. The second-order valence-corrected chi connectivity index (χ2v) is 15.0. The summed E-state index contributed by atoms with van der Waals surface area (Å²) >= 11 is 0. The van der Waals surface area contributed by atoms with Gasteiger partial charge >= 0.3 is 5.97 Å². The van der Waals surface area contributed by atoms with Crippen LogP contribution in [0.2, 0.25) is 0 Å². The van der Waals surface area contributed by atoms with Gasteiger partial charge in [-0.1, -0.05) is 52.7 Å². The third-order valence-corrected chi connectivity index (χ3v) is 12.5. The van der Waals surface area contributed by atoms with Gasteiger partial charge in [0.25, 0.3) is 0 Å². The van der Waals surface area contributed by atoms with Gasteiger partial charge < -0.3 is 14.9 Å². The topological polar surface area (TPSA) is 66.8 Å². The van der Waals surface area contributed by atoms with Gasteiger partial charge in [0.2, 0.25) is 0 Å². The number of aliphatic hydroxyl groups is 2. The molecule has 4 nitrogen and oxygen atoms in total. The van der Waals surface area contributed by atoms with Gasteiger partial charge in [0.05, 0.1) is 11.7 Å². The van der Waals surface area contributed by atoms with Crippen LogP contribution in [0.25, 0.3) is 0 Å². The van der Waals surface area contributed by atoms with Crippen molar-refractivity contribution in [1.82, 2.24) is 0 Å². The normalized spacial score (nSPS) is 41.7. The average molecular weight is 503 g/mol. The fourth-order valence-corrected chi connectivity index (χ4v) is 10.0. The smallest absolute Gasteiger partial charge is 0.302 e. The molecule has 0 heterocycles. The Morgan fingerprint density at radius 3 is 2.28 bits per heavy atom. The van der Waals surface area contributed by atoms with Crippen LogP contribution < -0.4 is 0 Å². The van der Waals surface area contributed by atoms with Crippen LogP contribution in [0.1, 0.15) is 127 Å². The van der Waals surface area contributed by atoms with Crippen molar-refractivity contribution in [3.8, 4) is 0 Å². The molecule has 0 spiro atoms. The highest BCUT2D eigenvalue weighted by Crippen LogP contribution is 2.72. The zero-order valence-corrected chi connectivity index (χ0v) is 24.7. The molecule has 2 fully saturated rings. The summed E-state index contributed by atoms with van der Waals surface area (Å²) in [5.41, 5.74) is 3.25. The van der Waals surface area contributed by atoms with E-state index in [2.05, 4.69) is 41.5 Å². The molecule has 0 aliphatic heterocycles. The lowest BCUT2D eigenvalue weighted by Gasteiger charge is -2.62. The van der Waals surface area contributed by atoms with E-state index in [9.17, 15) is 15.0 Å². The van der Waals surface area contributed by atoms with E-state index in [-0.39, 0.29) is 28.3 Å². The molecule has 8 atom stereocenters. The maximum Gasteiger partial charge on any atom is 0.302 e. The van der Waals surface area contributed by atoms with E-state index < -0.39 is 11.7 Å². The van der Waals surface area contributed by atoms with E-state index in [4.69, 9.17) is 4.74 Å². The van der Waals surface area contributed by atoms with E-state index in [0.717, 1.165) is 19.3 Å². The van der Waals surface area contributed by atoms with Gasteiger partial charge in [0.1, 0.15) is 6.10 Å². The number of esters is 1. The Hall–Kier alpha value is -0.870. The molecule has 0 aromatic carbocycles. The zero-order chi connectivity index (χ0) is 26.9. The molecule has 0 aromatic heterocycles. The van der Waals surface area contributed by atoms with Crippen LogP contribution in [-0.4, -0.2) is 34.0 Å². The molecule has 0 unspecified atom stereocenters. The first-order valence-corrected chi connectivity index (χ1v) is 14.8. The predicted octanol–water partition coefficient (Wildman–Crippen LogP) is 7.22. The number of hydrogen-bond acceptors (Lipinski definition) is 4. The molecule has 0 bridgehead atoms. The molecule has 0 amide bonds. The first-order valence-electron chi connectivity index (χ1n) is 14.8. The summed E-state index contributed by atoms with van der Waals surface area (Å²) in [6.07, 6.45) is 10.5. The highest BCUT2D eigenvalue weighted by Gasteiger charge is 2.63. The molecule has 36 heavy (non-hydrogen) atoms. The second-order valence-electron chi connectivity index (χ2n) is 15.0. The summed E-state index contributed by atoms with van der Waals surface area (Å²) in [6, 6.07) is 0. The minimum atomic E-state index is -1.03. The lowest BCUT2D eigenvalue weighted by Crippen LogP contribution is -2.55. The Balaban J connectivity index is 1.59. The van der Waals surface area contributed by atoms with Crippen LogP contribution in [0.3, 0.4) is 0 Å². The van der Waals surface area contributed by atoms with Crippen molar-refractivity contribution in [3.05, 3.63) is 11.1 Å². The number of allylic oxidation sites excluding steroid dienone is 2. The number of ether oxygens (including phenoxy) is 1. The van der Waals surface area contributed by atoms with E-state index in [1.807, 2.05) is 0 Å². The van der Waals surface area contributed by atoms with Gasteiger partial charge in [0, 0.05) is 12.3 Å². The quantitative estimate of drug-likeness (QED) is 0.297. The van der Waals surface area contributed by atoms with E-state index in [1.165, 1.54) is 38.5 Å². The third-order valence-electron chi connectivity index (χ3n) is 12.5. The number of hydrogen-bond donors (Lipinski definition) is 2. The monoisotopic (exact) mass is 502 g/mol. The van der Waals surface area contributed by atoms with Crippen molar-refractivity contribution in [3.63, 3.8) is 0 Å². The maximum absolute atomic E-state index is 11.8. The van der Waals surface area contributed by atoms with Gasteiger partial charge in [-0.2, -0.15) is 0 Å². The molecule has 2 saturated carbocycles. The van der Waals surface area contributed by atoms with Crippen LogP contribution in [-0.2, 0) is 9.53 Å². The highest BCUT2D eigenvalue weighted by molar-refractivity contribution is 5.66. The standard InChI is InChI=1S/C32H54O4/c1-20(10-13-26(34)29(5,6)35)22-14-18-32(9)24-11-12-25-28(3,4)27(36-21(2)33)16-17-30(25,7)23(24)15-19-31(22,32)8/h20,22,25-27,34-35H,10-19H2,1-9H3/t20-,22-,25+,26-,27+,30-,31-,32+/m1/s1. The summed E-state index contributed by atoms with van der Waals surface area (Å²) in [6.45, 7) is 19.8. The van der Waals surface area contributed by atoms with E-state index in [1.54, 1.807) is 31.9 Å². The molecule has 0 saturated heterocycles. The van der Waals surface area contributed by atoms with E-state index in [0.29, 0.717) is 29.6 Å². The number of rotatable bonds is 6. The van der Waals surface area contributed by atoms with Crippen molar-refractivity contribution in [2.24, 2.45) is 39.4 Å². The van der Waals surface area contributed by atoms with Crippen LogP contribution in [0.15, 0.2) is 11.1 Å². The molecule has 4 rings (SSSR count). The lowest BCUT2D eigenvalue weighted by molar-refractivity contribution is -0.167. The van der Waals surface area contributed by atoms with Crippen molar-refractivity contribution >= 4 is 5.97 Å². The third kappa shape index (κ3) is 4.21. The number of aliphatic hydroxyl groups excluding tert-OH is 1. The summed E-state index contributed by atoms with van der Waals surface area (Å²) in [7, 11) is 0. The number of fused-ring (bicyclic) bond motifs is 4. The Morgan fingerprint density at radius 2 is 1.67 bits per heavy atom. The molecule has 206 valence electrons. The van der Waals surface area contributed by atoms with Crippen LogP contribution >= 0.6 is 0 Å². The Labute approximate surface area is 220 Å². The Bertz CT molecular complexity index is 896. The van der Waals surface area contributed by atoms with Gasteiger partial charge in [-0.05, 0) is 112 Å². The van der Waals surface area contributed by atoms with E-state index >= 15 is 0 Å². The van der Waals surface area contributed by atoms with Gasteiger partial charge in [-0.3, -0.25) is 4.79 Å². The molecule has 4 aliphatic carbocycles. The molecule has 4 heteroatoms. The summed E-state index contributed by atoms with van der Waals surface area (Å²) in [5.74, 6) is 1.61. The highest BCUT2D eigenvalue weighted by atomic mass is 16.5. The summed E-state index contributed by atoms with van der Waals surface area (Å²) in [5, 5.41) is 20.6. The van der Waals surface area contributed by atoms with Crippen molar-refractivity contribution in [2.75, 3.05) is 0 Å². The van der Waals surface area contributed by atoms with Gasteiger partial charge in [-0.15, -0.1) is 0 Å². The van der Waals surface area contributed by atoms with Crippen LogP contribution in [0.4, 0.5) is 0 Å². The largest absolute Gasteiger partial charge is 0.462 e. The number of carbonyl (C=O) groups excluding carboxylic acids is 1. The molecule has 2 N–H and O–H groups in total. The van der Waals surface area contributed by atoms with Gasteiger partial charge in [0.15, 0.2) is 0 Å². The number of carbonyl (C=O) groups is 1. The summed E-state index contributed by atoms with van der Waals surface area (Å²) in [4.78, 5) is 11.8. The van der Waals surface area contributed by atoms with Crippen LogP contribution in [0.5, 0.6) is 0 Å². The van der Waals surface area contributed by atoms with Crippen LogP contribution in [0, 0.1) is 39.4 Å². The average Bonchev–Trinajstić information content (AvgIpc) is 3.04. The minimum Gasteiger partial charge on any atom is -0.462 e. The first-order chi connectivity index (χ1) is 16.5. The zero-order valence-electron chi connectivity index (χ0n) is 24.7. The molecule has 4 aliphatic rings. The maximum atomic E-state index is 11.8. The summed E-state index contributed by atoms with van der Waals surface area (Å²) < 4.78 is 5.85.